The molecule has 0 spiro atoms. The van der Waals surface area contributed by atoms with Gasteiger partial charge >= 0.3 is 0 Å². The number of carbonyl (C=O) groups excluding carboxylic acids is 1. The number of hydrogen-bond donors (Lipinski definition) is 2. The highest BCUT2D eigenvalue weighted by Crippen LogP contribution is 2.42. The minimum atomic E-state index is -0.878. The van der Waals surface area contributed by atoms with Crippen LogP contribution < -0.4 is 5.32 Å². The molecule has 1 aromatic heterocycles. The number of nitriles is 1. The van der Waals surface area contributed by atoms with E-state index in [1.807, 2.05) is 0 Å². The molecule has 2 rings (SSSR count). The molecule has 0 saturated heterocycles. The lowest BCUT2D eigenvalue weighted by molar-refractivity contribution is -0.114. The molecular formula is C16H19N3O2. The Bertz CT molecular complexity index is 579. The van der Waals surface area contributed by atoms with Gasteiger partial charge in [-0.2, -0.15) is 5.26 Å². The molecule has 0 aromatic carbocycles. The number of pyridine rings is 1. The van der Waals surface area contributed by atoms with Crippen LogP contribution in [-0.2, 0) is 10.2 Å². The number of anilines is 1. The van der Waals surface area contributed by atoms with Crippen LogP contribution >= 0.6 is 0 Å². The van der Waals surface area contributed by atoms with Crippen molar-refractivity contribution in [3.63, 3.8) is 0 Å². The van der Waals surface area contributed by atoms with Crippen LogP contribution in [0.3, 0.4) is 0 Å². The first-order valence-corrected chi connectivity index (χ1v) is 6.94. The highest BCUT2D eigenvalue weighted by molar-refractivity contribution is 5.88. The predicted molar refractivity (Wildman–Crippen MR) is 79.4 cm³/mol. The molecule has 1 aliphatic rings. The third-order valence-electron chi connectivity index (χ3n) is 4.14. The zero-order valence-corrected chi connectivity index (χ0v) is 12.1. The summed E-state index contributed by atoms with van der Waals surface area (Å²) in [6.45, 7) is 5.09. The zero-order valence-electron chi connectivity index (χ0n) is 12.1. The van der Waals surface area contributed by atoms with E-state index >= 15 is 0 Å². The van der Waals surface area contributed by atoms with Gasteiger partial charge in [0.05, 0.1) is 34.7 Å². The van der Waals surface area contributed by atoms with E-state index < -0.39 is 11.0 Å². The van der Waals surface area contributed by atoms with Crippen LogP contribution in [0.5, 0.6) is 0 Å². The van der Waals surface area contributed by atoms with Gasteiger partial charge in [-0.3, -0.25) is 9.78 Å². The lowest BCUT2D eigenvalue weighted by atomic mass is 9.67. The second-order valence-electron chi connectivity index (χ2n) is 5.61. The van der Waals surface area contributed by atoms with Crippen molar-refractivity contribution >= 4 is 11.6 Å². The minimum Gasteiger partial charge on any atom is -0.386 e. The molecule has 0 radical (unpaired) electrons. The van der Waals surface area contributed by atoms with Crippen molar-refractivity contribution in [1.82, 2.24) is 4.98 Å². The van der Waals surface area contributed by atoms with E-state index in [-0.39, 0.29) is 5.91 Å². The Morgan fingerprint density at radius 2 is 2.14 bits per heavy atom. The lowest BCUT2D eigenvalue weighted by Crippen LogP contribution is -2.39. The summed E-state index contributed by atoms with van der Waals surface area (Å²) in [7, 11) is 0. The molecule has 1 aliphatic carbocycles. The van der Waals surface area contributed by atoms with Crippen LogP contribution in [0.25, 0.3) is 0 Å². The van der Waals surface area contributed by atoms with E-state index in [4.69, 9.17) is 0 Å². The number of nitrogens with one attached hydrogen (secondary N) is 1. The standard InChI is InChI=1S/C16H19N3O2/c1-3-16(21)8-6-15(11-17,7-9-16)14-5-4-13(10-18-14)19-12(2)20/h3-5,10,21H,1,6-9H2,2H3,(H,19,20). The van der Waals surface area contributed by atoms with Crippen LogP contribution in [0.2, 0.25) is 0 Å². The van der Waals surface area contributed by atoms with E-state index in [9.17, 15) is 15.2 Å². The Morgan fingerprint density at radius 1 is 1.48 bits per heavy atom. The molecule has 1 saturated carbocycles. The number of aliphatic hydroxyl groups is 1. The summed E-state index contributed by atoms with van der Waals surface area (Å²) in [4.78, 5) is 15.3. The van der Waals surface area contributed by atoms with Crippen LogP contribution in [0.4, 0.5) is 5.69 Å². The lowest BCUT2D eigenvalue weighted by Gasteiger charge is -2.38. The highest BCUT2D eigenvalue weighted by atomic mass is 16.3. The molecule has 1 fully saturated rings. The van der Waals surface area contributed by atoms with Crippen LogP contribution in [0.1, 0.15) is 38.3 Å². The largest absolute Gasteiger partial charge is 0.386 e. The number of nitrogens with zero attached hydrogens (tertiary/aromatic N) is 2. The van der Waals surface area contributed by atoms with Gasteiger partial charge in [0.25, 0.3) is 0 Å². The molecule has 0 atom stereocenters. The maximum absolute atomic E-state index is 11.0. The summed E-state index contributed by atoms with van der Waals surface area (Å²) in [6.07, 6.45) is 5.20. The fourth-order valence-electron chi connectivity index (χ4n) is 2.69. The Morgan fingerprint density at radius 3 is 2.57 bits per heavy atom. The Labute approximate surface area is 124 Å². The number of hydrogen-bond acceptors (Lipinski definition) is 4. The molecule has 1 amide bonds. The molecule has 0 bridgehead atoms. The van der Waals surface area contributed by atoms with E-state index in [0.29, 0.717) is 37.1 Å². The summed E-state index contributed by atoms with van der Waals surface area (Å²) in [5.74, 6) is -0.159. The molecule has 0 aliphatic heterocycles. The van der Waals surface area contributed by atoms with E-state index in [2.05, 4.69) is 22.9 Å². The van der Waals surface area contributed by atoms with E-state index in [1.165, 1.54) is 6.92 Å². The Kier molecular flexibility index (Phi) is 4.10. The summed E-state index contributed by atoms with van der Waals surface area (Å²) in [5, 5.41) is 22.4. The number of carbonyl (C=O) groups is 1. The molecule has 5 heteroatoms. The van der Waals surface area contributed by atoms with Crippen molar-refractivity contribution in [3.8, 4) is 6.07 Å². The van der Waals surface area contributed by atoms with Gasteiger partial charge in [-0.1, -0.05) is 6.08 Å². The zero-order chi connectivity index (χ0) is 15.5. The van der Waals surface area contributed by atoms with Gasteiger partial charge in [0.2, 0.25) is 5.91 Å². The molecule has 110 valence electrons. The molecule has 1 heterocycles. The monoisotopic (exact) mass is 285 g/mol. The third kappa shape index (κ3) is 3.11. The summed E-state index contributed by atoms with van der Waals surface area (Å²) in [6, 6.07) is 5.88. The smallest absolute Gasteiger partial charge is 0.221 e. The molecule has 1 aromatic rings. The van der Waals surface area contributed by atoms with Crippen molar-refractivity contribution in [2.24, 2.45) is 0 Å². The van der Waals surface area contributed by atoms with Gasteiger partial charge in [-0.05, 0) is 37.8 Å². The second kappa shape index (κ2) is 5.66. The van der Waals surface area contributed by atoms with Crippen molar-refractivity contribution in [1.29, 1.82) is 5.26 Å². The Balaban J connectivity index is 2.21. The first kappa shape index (κ1) is 15.2. The molecule has 0 unspecified atom stereocenters. The van der Waals surface area contributed by atoms with Crippen molar-refractivity contribution in [2.45, 2.75) is 43.6 Å². The summed E-state index contributed by atoms with van der Waals surface area (Å²) < 4.78 is 0. The summed E-state index contributed by atoms with van der Waals surface area (Å²) >= 11 is 0. The van der Waals surface area contributed by atoms with Crippen LogP contribution in [-0.4, -0.2) is 21.6 Å². The normalized spacial score (nSPS) is 28.4. The average molecular weight is 285 g/mol. The average Bonchev–Trinajstić information content (AvgIpc) is 2.49. The first-order valence-electron chi connectivity index (χ1n) is 6.94. The van der Waals surface area contributed by atoms with Crippen molar-refractivity contribution in [2.75, 3.05) is 5.32 Å². The fourth-order valence-corrected chi connectivity index (χ4v) is 2.69. The van der Waals surface area contributed by atoms with Gasteiger partial charge in [0.1, 0.15) is 0 Å². The number of aromatic nitrogens is 1. The molecular weight excluding hydrogens is 266 g/mol. The third-order valence-corrected chi connectivity index (χ3v) is 4.14. The van der Waals surface area contributed by atoms with Crippen LogP contribution in [0.15, 0.2) is 31.0 Å². The summed E-state index contributed by atoms with van der Waals surface area (Å²) in [5.41, 5.74) is -0.261. The van der Waals surface area contributed by atoms with Gasteiger partial charge < -0.3 is 10.4 Å². The fraction of sp³-hybridized carbons (Fsp3) is 0.438. The Hall–Kier alpha value is -2.19. The highest BCUT2D eigenvalue weighted by Gasteiger charge is 2.42. The van der Waals surface area contributed by atoms with Gasteiger partial charge in [0.15, 0.2) is 0 Å². The predicted octanol–water partition coefficient (Wildman–Crippen LogP) is 2.29. The minimum absolute atomic E-state index is 0.159. The molecule has 21 heavy (non-hydrogen) atoms. The van der Waals surface area contributed by atoms with Gasteiger partial charge in [0, 0.05) is 6.92 Å². The van der Waals surface area contributed by atoms with Crippen LogP contribution in [0, 0.1) is 11.3 Å². The SMILES string of the molecule is C=CC1(O)CCC(C#N)(c2ccc(NC(C)=O)cn2)CC1. The maximum Gasteiger partial charge on any atom is 0.221 e. The van der Waals surface area contributed by atoms with E-state index in [0.717, 1.165) is 0 Å². The first-order chi connectivity index (χ1) is 9.93. The topological polar surface area (TPSA) is 86.0 Å². The quantitative estimate of drug-likeness (QED) is 0.834. The van der Waals surface area contributed by atoms with Crippen molar-refractivity contribution < 1.29 is 9.90 Å². The van der Waals surface area contributed by atoms with E-state index in [1.54, 1.807) is 24.4 Å². The van der Waals surface area contributed by atoms with Gasteiger partial charge in [-0.15, -0.1) is 6.58 Å². The van der Waals surface area contributed by atoms with Crippen molar-refractivity contribution in [3.05, 3.63) is 36.7 Å². The second-order valence-corrected chi connectivity index (χ2v) is 5.61. The molecule has 2 N–H and O–H groups in total. The number of rotatable bonds is 3. The number of amides is 1. The van der Waals surface area contributed by atoms with Gasteiger partial charge in [-0.25, -0.2) is 0 Å². The molecule has 5 nitrogen and oxygen atoms in total. The maximum atomic E-state index is 11.0.